The fourth-order valence-electron chi connectivity index (χ4n) is 2.62. The van der Waals surface area contributed by atoms with E-state index in [0.717, 1.165) is 11.2 Å². The Kier molecular flexibility index (Phi) is 10.4. The normalized spacial score (nSPS) is 21.6. The van der Waals surface area contributed by atoms with E-state index in [2.05, 4.69) is 33.9 Å². The SMILES string of the molecule is C/C(OS(C)(=O)=O)=C(/C(=O)OCC(Cl)CCl)N1C(=O)[C@H](CCO[Si](C)(C)C(C)(C)C)[C@H]1Cl. The van der Waals surface area contributed by atoms with Crippen molar-refractivity contribution in [3.05, 3.63) is 11.5 Å². The Morgan fingerprint density at radius 2 is 1.84 bits per heavy atom. The molecule has 0 radical (unpaired) electrons. The molecule has 0 spiro atoms. The van der Waals surface area contributed by atoms with Gasteiger partial charge in [0.15, 0.2) is 14.0 Å². The van der Waals surface area contributed by atoms with E-state index in [1.807, 2.05) is 0 Å². The first-order chi connectivity index (χ1) is 14.4. The first-order valence-electron chi connectivity index (χ1n) is 10.0. The molecule has 1 fully saturated rings. The second-order valence-electron chi connectivity index (χ2n) is 9.13. The van der Waals surface area contributed by atoms with E-state index in [0.29, 0.717) is 13.0 Å². The molecule has 1 unspecified atom stereocenters. The molecule has 1 heterocycles. The first-order valence-corrected chi connectivity index (χ1v) is 16.1. The van der Waals surface area contributed by atoms with Gasteiger partial charge in [0.2, 0.25) is 5.91 Å². The summed E-state index contributed by atoms with van der Waals surface area (Å²) in [5.74, 6) is -2.34. The molecule has 186 valence electrons. The number of esters is 1. The molecule has 32 heavy (non-hydrogen) atoms. The van der Waals surface area contributed by atoms with E-state index < -0.39 is 47.1 Å². The van der Waals surface area contributed by atoms with Gasteiger partial charge in [-0.1, -0.05) is 32.4 Å². The molecular weight excluding hydrogens is 521 g/mol. The highest BCUT2D eigenvalue weighted by atomic mass is 35.5. The van der Waals surface area contributed by atoms with Crippen molar-refractivity contribution in [2.24, 2.45) is 5.92 Å². The van der Waals surface area contributed by atoms with Crippen LogP contribution in [0, 0.1) is 5.92 Å². The summed E-state index contributed by atoms with van der Waals surface area (Å²) in [5.41, 5.74) is -1.29. The molecule has 8 nitrogen and oxygen atoms in total. The van der Waals surface area contributed by atoms with E-state index in [-0.39, 0.29) is 29.0 Å². The number of carbonyl (C=O) groups is 2. The molecule has 0 saturated carbocycles. The Morgan fingerprint density at radius 3 is 2.28 bits per heavy atom. The van der Waals surface area contributed by atoms with Gasteiger partial charge < -0.3 is 13.3 Å². The molecule has 1 aliphatic rings. The molecule has 1 amide bonds. The number of amides is 1. The van der Waals surface area contributed by atoms with Gasteiger partial charge in [0.05, 0.1) is 17.6 Å². The predicted octanol–water partition coefficient (Wildman–Crippen LogP) is 4.02. The van der Waals surface area contributed by atoms with Crippen LogP contribution < -0.4 is 0 Å². The Morgan fingerprint density at radius 1 is 1.28 bits per heavy atom. The van der Waals surface area contributed by atoms with Crippen molar-refractivity contribution in [1.29, 1.82) is 0 Å². The summed E-state index contributed by atoms with van der Waals surface area (Å²) >= 11 is 17.9. The molecule has 13 heteroatoms. The third-order valence-corrected chi connectivity index (χ3v) is 11.8. The molecule has 0 aromatic carbocycles. The van der Waals surface area contributed by atoms with Gasteiger partial charge in [-0.15, -0.1) is 23.2 Å². The summed E-state index contributed by atoms with van der Waals surface area (Å²) in [5, 5.41) is -0.636. The van der Waals surface area contributed by atoms with Gasteiger partial charge in [-0.05, 0) is 31.5 Å². The molecule has 1 saturated heterocycles. The summed E-state index contributed by atoms with van der Waals surface area (Å²) in [4.78, 5) is 26.5. The highest BCUT2D eigenvalue weighted by Crippen LogP contribution is 2.40. The number of hydrogen-bond acceptors (Lipinski definition) is 7. The summed E-state index contributed by atoms with van der Waals surface area (Å²) in [7, 11) is -5.95. The minimum Gasteiger partial charge on any atom is -0.459 e. The zero-order valence-corrected chi connectivity index (χ0v) is 23.5. The average molecular weight is 553 g/mol. The maximum absolute atomic E-state index is 12.8. The van der Waals surface area contributed by atoms with Crippen molar-refractivity contribution in [2.75, 3.05) is 25.3 Å². The number of hydrogen-bond donors (Lipinski definition) is 0. The molecule has 0 aromatic rings. The second-order valence-corrected chi connectivity index (χ2v) is 16.9. The highest BCUT2D eigenvalue weighted by molar-refractivity contribution is 7.86. The number of nitrogens with zero attached hydrogens (tertiary/aromatic N) is 1. The van der Waals surface area contributed by atoms with Gasteiger partial charge in [-0.2, -0.15) is 8.42 Å². The fraction of sp³-hybridized carbons (Fsp3) is 0.789. The number of carbonyl (C=O) groups excluding carboxylic acids is 2. The molecular formula is C19H32Cl3NO7SSi. The van der Waals surface area contributed by atoms with E-state index in [1.165, 1.54) is 6.92 Å². The minimum atomic E-state index is -3.96. The first kappa shape index (κ1) is 29.5. The van der Waals surface area contributed by atoms with Crippen LogP contribution in [0.15, 0.2) is 11.5 Å². The Labute approximate surface area is 206 Å². The maximum atomic E-state index is 12.8. The van der Waals surface area contributed by atoms with Crippen LogP contribution in [-0.2, 0) is 33.1 Å². The summed E-state index contributed by atoms with van der Waals surface area (Å²) in [6.45, 7) is 11.9. The van der Waals surface area contributed by atoms with Crippen molar-refractivity contribution in [3.8, 4) is 0 Å². The van der Waals surface area contributed by atoms with Crippen LogP contribution in [-0.4, -0.2) is 69.7 Å². The minimum absolute atomic E-state index is 0.0199. The predicted molar refractivity (Wildman–Crippen MR) is 128 cm³/mol. The summed E-state index contributed by atoms with van der Waals surface area (Å²) in [6.07, 6.45) is 1.18. The van der Waals surface area contributed by atoms with Gasteiger partial charge in [-0.25, -0.2) is 4.79 Å². The number of allylic oxidation sites excluding steroid dienone is 1. The summed E-state index contributed by atoms with van der Waals surface area (Å²) < 4.78 is 39.1. The number of likely N-dealkylation sites (tertiary alicyclic amines) is 1. The monoisotopic (exact) mass is 551 g/mol. The number of halogens is 3. The van der Waals surface area contributed by atoms with E-state index >= 15 is 0 Å². The number of β-lactam (4-membered cyclic amide) rings is 1. The Bertz CT molecular complexity index is 842. The van der Waals surface area contributed by atoms with Gasteiger partial charge in [0, 0.05) is 12.5 Å². The molecule has 0 aliphatic carbocycles. The molecule has 3 atom stereocenters. The van der Waals surface area contributed by atoms with Crippen LogP contribution in [0.1, 0.15) is 34.1 Å². The molecule has 0 N–H and O–H groups in total. The Balaban J connectivity index is 2.99. The molecule has 0 aromatic heterocycles. The Hall–Kier alpha value is -0.523. The van der Waals surface area contributed by atoms with Gasteiger partial charge in [0.1, 0.15) is 17.9 Å². The van der Waals surface area contributed by atoms with Crippen LogP contribution >= 0.6 is 34.8 Å². The fourth-order valence-corrected chi connectivity index (χ4v) is 4.80. The van der Waals surface area contributed by atoms with Crippen molar-refractivity contribution in [2.45, 2.75) is 63.1 Å². The zero-order valence-electron chi connectivity index (χ0n) is 19.4. The maximum Gasteiger partial charge on any atom is 0.358 e. The third-order valence-electron chi connectivity index (χ3n) is 5.44. The quantitative estimate of drug-likeness (QED) is 0.0558. The van der Waals surface area contributed by atoms with Gasteiger partial charge >= 0.3 is 16.1 Å². The van der Waals surface area contributed by atoms with Crippen LogP contribution in [0.3, 0.4) is 0 Å². The van der Waals surface area contributed by atoms with Crippen LogP contribution in [0.25, 0.3) is 0 Å². The highest BCUT2D eigenvalue weighted by Gasteiger charge is 2.51. The lowest BCUT2D eigenvalue weighted by molar-refractivity contribution is -0.155. The zero-order chi connectivity index (χ0) is 25.1. The van der Waals surface area contributed by atoms with Crippen LogP contribution in [0.4, 0.5) is 0 Å². The second kappa shape index (κ2) is 11.3. The van der Waals surface area contributed by atoms with Gasteiger partial charge in [0.25, 0.3) is 0 Å². The van der Waals surface area contributed by atoms with E-state index in [9.17, 15) is 18.0 Å². The number of ether oxygens (including phenoxy) is 1. The molecule has 0 bridgehead atoms. The van der Waals surface area contributed by atoms with Crippen LogP contribution in [0.5, 0.6) is 0 Å². The third kappa shape index (κ3) is 7.77. The lowest BCUT2D eigenvalue weighted by atomic mass is 9.94. The average Bonchev–Trinajstić information content (AvgIpc) is 2.64. The van der Waals surface area contributed by atoms with Crippen molar-refractivity contribution in [3.63, 3.8) is 0 Å². The smallest absolute Gasteiger partial charge is 0.358 e. The summed E-state index contributed by atoms with van der Waals surface area (Å²) in [6, 6.07) is 0. The largest absolute Gasteiger partial charge is 0.459 e. The topological polar surface area (TPSA) is 99.2 Å². The molecule has 1 rings (SSSR count). The van der Waals surface area contributed by atoms with Crippen molar-refractivity contribution in [1.82, 2.24) is 4.90 Å². The number of alkyl halides is 3. The van der Waals surface area contributed by atoms with Crippen LogP contribution in [0.2, 0.25) is 18.1 Å². The molecule has 1 aliphatic heterocycles. The van der Waals surface area contributed by atoms with Crippen molar-refractivity contribution >= 4 is 65.1 Å². The van der Waals surface area contributed by atoms with E-state index in [1.54, 1.807) is 0 Å². The van der Waals surface area contributed by atoms with Gasteiger partial charge in [-0.3, -0.25) is 9.69 Å². The van der Waals surface area contributed by atoms with E-state index in [4.69, 9.17) is 48.1 Å². The van der Waals surface area contributed by atoms with Crippen molar-refractivity contribution < 1.29 is 31.4 Å². The standard InChI is InChI=1S/C19H32Cl3NO7SSi/c1-12(30-31(5,26)27)15(18(25)28-11-13(21)10-20)23-16(22)14(17(23)24)8-9-29-32(6,7)19(2,3)4/h13-14,16H,8-11H2,1-7H3/b15-12+/t13?,14-,16+/m1/s1. The number of rotatable bonds is 11. The lowest BCUT2D eigenvalue weighted by Crippen LogP contribution is -2.59. The lowest BCUT2D eigenvalue weighted by Gasteiger charge is -2.44.